The summed E-state index contributed by atoms with van der Waals surface area (Å²) in [6, 6.07) is 0.793. The maximum absolute atomic E-state index is 5.74. The van der Waals surface area contributed by atoms with Gasteiger partial charge in [-0.2, -0.15) is 0 Å². The first-order valence-corrected chi connectivity index (χ1v) is 8.64. The van der Waals surface area contributed by atoms with E-state index in [4.69, 9.17) is 23.8 Å². The van der Waals surface area contributed by atoms with Gasteiger partial charge in [-0.15, -0.1) is 0 Å². The number of rotatable bonds is 13. The van der Waals surface area contributed by atoms with Crippen LogP contribution in [0.15, 0.2) is 0 Å². The molecule has 0 rings (SSSR count). The van der Waals surface area contributed by atoms with Crippen molar-refractivity contribution in [1.29, 1.82) is 0 Å². The summed E-state index contributed by atoms with van der Waals surface area (Å²) >= 11 is 0. The first-order valence-electron chi connectivity index (χ1n) is 6.71. The normalized spacial score (nSPS) is 12.0. The van der Waals surface area contributed by atoms with E-state index in [9.17, 15) is 0 Å². The smallest absolute Gasteiger partial charge is 0.374 e. The highest BCUT2D eigenvalue weighted by Gasteiger charge is 2.39. The molecule has 0 aliphatic heterocycles. The van der Waals surface area contributed by atoms with Crippen molar-refractivity contribution in [2.24, 2.45) is 5.73 Å². The molecule has 7 heteroatoms. The molecule has 0 aromatic rings. The molecule has 0 atom stereocenters. The van der Waals surface area contributed by atoms with Gasteiger partial charge in [-0.25, -0.2) is 5.48 Å². The zero-order valence-electron chi connectivity index (χ0n) is 11.9. The Kier molecular flexibility index (Phi) is 12.0. The minimum absolute atomic E-state index is 0.516. The highest BCUT2D eigenvalue weighted by Crippen LogP contribution is 2.17. The molecule has 0 bridgehead atoms. The van der Waals surface area contributed by atoms with Crippen molar-refractivity contribution < 1.29 is 18.1 Å². The van der Waals surface area contributed by atoms with E-state index in [0.717, 1.165) is 19.0 Å². The number of hydrogen-bond donors (Lipinski definition) is 2. The van der Waals surface area contributed by atoms with Crippen molar-refractivity contribution in [1.82, 2.24) is 5.48 Å². The van der Waals surface area contributed by atoms with Crippen LogP contribution in [0.3, 0.4) is 0 Å². The predicted molar refractivity (Wildman–Crippen MR) is 73.1 cm³/mol. The Hall–Kier alpha value is -0.0231. The summed E-state index contributed by atoms with van der Waals surface area (Å²) in [5, 5.41) is 0. The van der Waals surface area contributed by atoms with E-state index in [0.29, 0.717) is 33.0 Å². The fourth-order valence-corrected chi connectivity index (χ4v) is 4.19. The third-order valence-corrected chi connectivity index (χ3v) is 5.33. The van der Waals surface area contributed by atoms with Gasteiger partial charge in [0, 0.05) is 39.0 Å². The summed E-state index contributed by atoms with van der Waals surface area (Å²) in [5.41, 5.74) is 8.17. The molecular formula is C11H28N2O4Si. The number of nitrogens with two attached hydrogens (primary N) is 1. The van der Waals surface area contributed by atoms with E-state index in [2.05, 4.69) is 5.48 Å². The van der Waals surface area contributed by atoms with Crippen LogP contribution < -0.4 is 11.2 Å². The second-order valence-corrected chi connectivity index (χ2v) is 6.35. The van der Waals surface area contributed by atoms with E-state index in [1.807, 2.05) is 20.8 Å². The number of hydrogen-bond acceptors (Lipinski definition) is 6. The molecular weight excluding hydrogens is 252 g/mol. The van der Waals surface area contributed by atoms with Gasteiger partial charge in [-0.05, 0) is 27.2 Å². The van der Waals surface area contributed by atoms with Crippen LogP contribution >= 0.6 is 0 Å². The lowest BCUT2D eigenvalue weighted by Crippen LogP contribution is -2.46. The van der Waals surface area contributed by atoms with E-state index in [-0.39, 0.29) is 0 Å². The molecule has 18 heavy (non-hydrogen) atoms. The average Bonchev–Trinajstić information content (AvgIpc) is 2.35. The quantitative estimate of drug-likeness (QED) is 0.297. The molecule has 0 saturated heterocycles. The van der Waals surface area contributed by atoms with Gasteiger partial charge in [0.05, 0.1) is 6.61 Å². The van der Waals surface area contributed by atoms with Crippen LogP contribution in [0.1, 0.15) is 27.2 Å². The lowest BCUT2D eigenvalue weighted by Gasteiger charge is -2.28. The number of nitrogens with one attached hydrogen (secondary N) is 1. The molecule has 0 aromatic heterocycles. The SMILES string of the molecule is CCO[Si](CCCNOCCN)(OCC)OCC. The maximum Gasteiger partial charge on any atom is 0.500 e. The second-order valence-electron chi connectivity index (χ2n) is 3.62. The molecule has 0 aliphatic rings. The number of hydroxylamine groups is 1. The first kappa shape index (κ1) is 18.0. The topological polar surface area (TPSA) is 75.0 Å². The minimum atomic E-state index is -2.48. The zero-order chi connectivity index (χ0) is 13.7. The van der Waals surface area contributed by atoms with Crippen LogP contribution in [0.25, 0.3) is 0 Å². The van der Waals surface area contributed by atoms with Gasteiger partial charge in [0.1, 0.15) is 0 Å². The van der Waals surface area contributed by atoms with E-state index >= 15 is 0 Å². The van der Waals surface area contributed by atoms with Gasteiger partial charge in [0.25, 0.3) is 0 Å². The second kappa shape index (κ2) is 12.0. The summed E-state index contributed by atoms with van der Waals surface area (Å²) in [4.78, 5) is 5.10. The minimum Gasteiger partial charge on any atom is -0.374 e. The largest absolute Gasteiger partial charge is 0.500 e. The van der Waals surface area contributed by atoms with Crippen LogP contribution in [-0.4, -0.2) is 48.3 Å². The van der Waals surface area contributed by atoms with Crippen molar-refractivity contribution in [3.05, 3.63) is 0 Å². The molecule has 0 heterocycles. The van der Waals surface area contributed by atoms with Crippen molar-refractivity contribution >= 4 is 8.80 Å². The van der Waals surface area contributed by atoms with E-state index in [1.54, 1.807) is 0 Å². The predicted octanol–water partition coefficient (Wildman–Crippen LogP) is 0.905. The molecule has 0 spiro atoms. The summed E-state index contributed by atoms with van der Waals surface area (Å²) in [5.74, 6) is 0. The molecule has 0 unspecified atom stereocenters. The van der Waals surface area contributed by atoms with Crippen molar-refractivity contribution in [2.45, 2.75) is 33.2 Å². The highest BCUT2D eigenvalue weighted by atomic mass is 28.4. The Morgan fingerprint density at radius 3 is 2.00 bits per heavy atom. The molecule has 3 N–H and O–H groups in total. The average molecular weight is 280 g/mol. The Morgan fingerprint density at radius 2 is 1.56 bits per heavy atom. The van der Waals surface area contributed by atoms with Crippen LogP contribution in [0.4, 0.5) is 0 Å². The van der Waals surface area contributed by atoms with Crippen molar-refractivity contribution in [3.8, 4) is 0 Å². The lowest BCUT2D eigenvalue weighted by molar-refractivity contribution is 0.0433. The Morgan fingerprint density at radius 1 is 1.00 bits per heavy atom. The van der Waals surface area contributed by atoms with Crippen LogP contribution in [0.5, 0.6) is 0 Å². The molecule has 0 amide bonds. The summed E-state index contributed by atoms with van der Waals surface area (Å²) in [7, 11) is -2.48. The van der Waals surface area contributed by atoms with Gasteiger partial charge < -0.3 is 23.8 Å². The molecule has 6 nitrogen and oxygen atoms in total. The van der Waals surface area contributed by atoms with Gasteiger partial charge >= 0.3 is 8.80 Å². The summed E-state index contributed by atoms with van der Waals surface area (Å²) in [6.07, 6.45) is 0.886. The molecule has 0 radical (unpaired) electrons. The monoisotopic (exact) mass is 280 g/mol. The van der Waals surface area contributed by atoms with Crippen molar-refractivity contribution in [2.75, 3.05) is 39.5 Å². The van der Waals surface area contributed by atoms with Gasteiger partial charge in [0.2, 0.25) is 0 Å². The van der Waals surface area contributed by atoms with Gasteiger partial charge in [-0.1, -0.05) is 0 Å². The zero-order valence-corrected chi connectivity index (χ0v) is 12.9. The van der Waals surface area contributed by atoms with E-state index in [1.165, 1.54) is 0 Å². The Bertz CT molecular complexity index is 169. The van der Waals surface area contributed by atoms with Gasteiger partial charge in [0.15, 0.2) is 0 Å². The molecule has 0 fully saturated rings. The van der Waals surface area contributed by atoms with E-state index < -0.39 is 8.80 Å². The lowest BCUT2D eigenvalue weighted by atomic mass is 10.5. The first-order chi connectivity index (χ1) is 8.74. The molecule has 0 aliphatic carbocycles. The van der Waals surface area contributed by atoms with Crippen molar-refractivity contribution in [3.63, 3.8) is 0 Å². The van der Waals surface area contributed by atoms with Crippen LogP contribution in [0.2, 0.25) is 6.04 Å². The highest BCUT2D eigenvalue weighted by molar-refractivity contribution is 6.60. The Labute approximate surface area is 111 Å². The summed E-state index contributed by atoms with van der Waals surface area (Å²) < 4.78 is 17.2. The van der Waals surface area contributed by atoms with Crippen LogP contribution in [0, 0.1) is 0 Å². The third-order valence-electron chi connectivity index (χ3n) is 2.18. The van der Waals surface area contributed by atoms with Crippen LogP contribution in [-0.2, 0) is 18.1 Å². The fraction of sp³-hybridized carbons (Fsp3) is 1.00. The maximum atomic E-state index is 5.74. The molecule has 0 aromatic carbocycles. The molecule has 0 saturated carbocycles. The standard InChI is InChI=1S/C11H28N2O4Si/c1-4-15-18(16-5-2,17-6-3)11-7-9-13-14-10-8-12/h13H,4-12H2,1-3H3. The summed E-state index contributed by atoms with van der Waals surface area (Å²) in [6.45, 7) is 9.50. The Balaban J connectivity index is 3.97. The third kappa shape index (κ3) is 8.14. The fourth-order valence-electron chi connectivity index (χ4n) is 1.58. The molecule has 110 valence electrons. The van der Waals surface area contributed by atoms with Gasteiger partial charge in [-0.3, -0.25) is 0 Å².